The van der Waals surface area contributed by atoms with E-state index in [9.17, 15) is 4.39 Å². The first-order valence-corrected chi connectivity index (χ1v) is 6.26. The first-order valence-electron chi connectivity index (χ1n) is 6.26. The molecule has 0 saturated carbocycles. The molecule has 2 N–H and O–H groups in total. The number of nitrogen functional groups attached to an aromatic ring is 1. The minimum atomic E-state index is -0.427. The lowest BCUT2D eigenvalue weighted by molar-refractivity contribution is 0.183. The second-order valence-electron chi connectivity index (χ2n) is 4.79. The number of anilines is 1. The Bertz CT molecular complexity index is 605. The highest BCUT2D eigenvalue weighted by Gasteiger charge is 2.20. The highest BCUT2D eigenvalue weighted by Crippen LogP contribution is 2.28. The van der Waals surface area contributed by atoms with Gasteiger partial charge in [0.1, 0.15) is 0 Å². The van der Waals surface area contributed by atoms with Crippen LogP contribution in [-0.2, 0) is 11.3 Å². The van der Waals surface area contributed by atoms with Gasteiger partial charge in [-0.3, -0.25) is 0 Å². The molecule has 1 aromatic heterocycles. The summed E-state index contributed by atoms with van der Waals surface area (Å²) < 4.78 is 25.9. The third kappa shape index (κ3) is 2.12. The molecule has 2 aromatic rings. The summed E-state index contributed by atoms with van der Waals surface area (Å²) in [4.78, 5) is 4.20. The van der Waals surface area contributed by atoms with Gasteiger partial charge in [-0.15, -0.1) is 0 Å². The van der Waals surface area contributed by atoms with E-state index < -0.39 is 5.82 Å². The van der Waals surface area contributed by atoms with Crippen LogP contribution in [0.1, 0.15) is 6.42 Å². The van der Waals surface area contributed by atoms with Crippen LogP contribution in [0.15, 0.2) is 12.1 Å². The van der Waals surface area contributed by atoms with Gasteiger partial charge in [0.25, 0.3) is 0 Å². The second-order valence-corrected chi connectivity index (χ2v) is 4.79. The Labute approximate surface area is 110 Å². The maximum atomic E-state index is 13.6. The van der Waals surface area contributed by atoms with E-state index in [4.69, 9.17) is 15.2 Å². The number of rotatable bonds is 3. The monoisotopic (exact) mass is 265 g/mol. The zero-order chi connectivity index (χ0) is 13.4. The van der Waals surface area contributed by atoms with Gasteiger partial charge in [-0.25, -0.2) is 9.37 Å². The van der Waals surface area contributed by atoms with Crippen LogP contribution in [0.25, 0.3) is 11.0 Å². The van der Waals surface area contributed by atoms with Crippen LogP contribution < -0.4 is 10.5 Å². The fourth-order valence-corrected chi connectivity index (χ4v) is 2.48. The molecule has 1 aromatic carbocycles. The molecule has 1 atom stereocenters. The van der Waals surface area contributed by atoms with Crippen molar-refractivity contribution in [3.63, 3.8) is 0 Å². The number of benzene rings is 1. The third-order valence-electron chi connectivity index (χ3n) is 3.52. The van der Waals surface area contributed by atoms with Crippen LogP contribution in [0.3, 0.4) is 0 Å². The molecule has 1 saturated heterocycles. The Morgan fingerprint density at radius 3 is 3.11 bits per heavy atom. The van der Waals surface area contributed by atoms with E-state index in [1.807, 2.05) is 4.57 Å². The predicted octanol–water partition coefficient (Wildman–Crippen LogP) is 1.80. The van der Waals surface area contributed by atoms with Gasteiger partial charge in [0, 0.05) is 31.2 Å². The molecule has 6 heteroatoms. The van der Waals surface area contributed by atoms with Crippen molar-refractivity contribution in [2.24, 2.45) is 5.92 Å². The largest absolute Gasteiger partial charge is 0.494 e. The number of hydrogen-bond donors (Lipinski definition) is 1. The summed E-state index contributed by atoms with van der Waals surface area (Å²) in [6.07, 6.45) is 1.01. The molecule has 0 radical (unpaired) electrons. The molecule has 0 spiro atoms. The lowest BCUT2D eigenvalue weighted by Gasteiger charge is -2.11. The Morgan fingerprint density at radius 2 is 2.42 bits per heavy atom. The number of nitrogens with two attached hydrogens (primary N) is 1. The molecule has 0 amide bonds. The Hall–Kier alpha value is -1.82. The molecule has 1 aliphatic rings. The summed E-state index contributed by atoms with van der Waals surface area (Å²) >= 11 is 0. The minimum absolute atomic E-state index is 0.205. The molecule has 3 rings (SSSR count). The summed E-state index contributed by atoms with van der Waals surface area (Å²) in [6, 6.07) is 3.00. The van der Waals surface area contributed by atoms with Gasteiger partial charge in [0.2, 0.25) is 5.95 Å². The lowest BCUT2D eigenvalue weighted by Crippen LogP contribution is -2.12. The molecule has 19 heavy (non-hydrogen) atoms. The van der Waals surface area contributed by atoms with E-state index >= 15 is 0 Å². The number of hydrogen-bond acceptors (Lipinski definition) is 4. The maximum absolute atomic E-state index is 13.6. The average molecular weight is 265 g/mol. The smallest absolute Gasteiger partial charge is 0.201 e. The maximum Gasteiger partial charge on any atom is 0.201 e. The Morgan fingerprint density at radius 1 is 1.58 bits per heavy atom. The van der Waals surface area contributed by atoms with Gasteiger partial charge >= 0.3 is 0 Å². The number of methoxy groups -OCH3 is 1. The Kier molecular flexibility index (Phi) is 3.02. The summed E-state index contributed by atoms with van der Waals surface area (Å²) in [5.74, 6) is 0.602. The lowest BCUT2D eigenvalue weighted by atomic mass is 10.1. The van der Waals surface area contributed by atoms with E-state index in [2.05, 4.69) is 4.98 Å². The van der Waals surface area contributed by atoms with Crippen molar-refractivity contribution in [1.29, 1.82) is 0 Å². The van der Waals surface area contributed by atoms with E-state index in [0.717, 1.165) is 31.7 Å². The van der Waals surface area contributed by atoms with Crippen LogP contribution in [0.4, 0.5) is 10.3 Å². The molecular formula is C13H16FN3O2. The molecule has 0 aliphatic carbocycles. The second kappa shape index (κ2) is 4.70. The average Bonchev–Trinajstić information content (AvgIpc) is 2.98. The summed E-state index contributed by atoms with van der Waals surface area (Å²) in [6.45, 7) is 2.25. The van der Waals surface area contributed by atoms with Gasteiger partial charge in [-0.05, 0) is 6.42 Å². The number of imidazole rings is 1. The fraction of sp³-hybridized carbons (Fsp3) is 0.462. The van der Waals surface area contributed by atoms with Crippen molar-refractivity contribution in [3.05, 3.63) is 17.9 Å². The molecule has 2 heterocycles. The number of nitrogens with zero attached hydrogens (tertiary/aromatic N) is 2. The van der Waals surface area contributed by atoms with Crippen molar-refractivity contribution in [1.82, 2.24) is 9.55 Å². The van der Waals surface area contributed by atoms with Crippen molar-refractivity contribution in [2.75, 3.05) is 26.1 Å². The Balaban J connectivity index is 2.04. The topological polar surface area (TPSA) is 62.3 Å². The minimum Gasteiger partial charge on any atom is -0.494 e. The quantitative estimate of drug-likeness (QED) is 0.919. The SMILES string of the molecule is COc1cc2c(cc1F)nc(N)n2CC1CCOC1. The number of ether oxygens (including phenoxy) is 2. The van der Waals surface area contributed by atoms with Crippen molar-refractivity contribution < 1.29 is 13.9 Å². The fourth-order valence-electron chi connectivity index (χ4n) is 2.48. The molecule has 1 unspecified atom stereocenters. The van der Waals surface area contributed by atoms with Crippen molar-refractivity contribution in [2.45, 2.75) is 13.0 Å². The molecule has 5 nitrogen and oxygen atoms in total. The summed E-state index contributed by atoms with van der Waals surface area (Å²) in [5, 5.41) is 0. The van der Waals surface area contributed by atoms with Crippen molar-refractivity contribution >= 4 is 17.0 Å². The number of fused-ring (bicyclic) bond motifs is 1. The van der Waals surface area contributed by atoms with E-state index in [0.29, 0.717) is 17.4 Å². The van der Waals surface area contributed by atoms with Gasteiger partial charge in [0.05, 0.1) is 24.8 Å². The normalized spacial score (nSPS) is 19.2. The molecule has 1 fully saturated rings. The highest BCUT2D eigenvalue weighted by molar-refractivity contribution is 5.80. The standard InChI is InChI=1S/C13H16FN3O2/c1-18-12-5-11-10(4-9(12)14)16-13(15)17(11)6-8-2-3-19-7-8/h4-5,8H,2-3,6-7H2,1H3,(H2,15,16). The predicted molar refractivity (Wildman–Crippen MR) is 69.6 cm³/mol. The van der Waals surface area contributed by atoms with E-state index in [1.54, 1.807) is 6.07 Å². The van der Waals surface area contributed by atoms with Gasteiger partial charge in [0.15, 0.2) is 11.6 Å². The van der Waals surface area contributed by atoms with Crippen LogP contribution >= 0.6 is 0 Å². The zero-order valence-corrected chi connectivity index (χ0v) is 10.7. The number of aromatic nitrogens is 2. The molecule has 1 aliphatic heterocycles. The summed E-state index contributed by atoms with van der Waals surface area (Å²) in [7, 11) is 1.44. The van der Waals surface area contributed by atoms with Crippen molar-refractivity contribution in [3.8, 4) is 5.75 Å². The summed E-state index contributed by atoms with van der Waals surface area (Å²) in [5.41, 5.74) is 7.27. The van der Waals surface area contributed by atoms with Crippen LogP contribution in [-0.4, -0.2) is 29.9 Å². The first kappa shape index (κ1) is 12.2. The number of halogens is 1. The van der Waals surface area contributed by atoms with E-state index in [1.165, 1.54) is 13.2 Å². The van der Waals surface area contributed by atoms with Gasteiger partial charge < -0.3 is 19.8 Å². The molecular weight excluding hydrogens is 249 g/mol. The zero-order valence-electron chi connectivity index (χ0n) is 10.7. The van der Waals surface area contributed by atoms with Crippen LogP contribution in [0.5, 0.6) is 5.75 Å². The van der Waals surface area contributed by atoms with Crippen LogP contribution in [0, 0.1) is 11.7 Å². The molecule has 0 bridgehead atoms. The molecule has 102 valence electrons. The first-order chi connectivity index (χ1) is 9.19. The van der Waals surface area contributed by atoms with E-state index in [-0.39, 0.29) is 5.75 Å². The van der Waals surface area contributed by atoms with Gasteiger partial charge in [-0.1, -0.05) is 0 Å². The highest BCUT2D eigenvalue weighted by atomic mass is 19.1. The third-order valence-corrected chi connectivity index (χ3v) is 3.52. The van der Waals surface area contributed by atoms with Gasteiger partial charge in [-0.2, -0.15) is 0 Å². The van der Waals surface area contributed by atoms with Crippen LogP contribution in [0.2, 0.25) is 0 Å².